The molecule has 0 heterocycles. The van der Waals surface area contributed by atoms with Gasteiger partial charge in [-0.25, -0.2) is 4.79 Å². The highest BCUT2D eigenvalue weighted by atomic mass is 16.5. The van der Waals surface area contributed by atoms with Gasteiger partial charge in [0, 0.05) is 24.4 Å². The number of carbonyl (C=O) groups is 3. The van der Waals surface area contributed by atoms with Crippen molar-refractivity contribution < 1.29 is 24.2 Å². The number of hydrogen-bond donors (Lipinski definition) is 3. The molecule has 2 amide bonds. The first-order valence-corrected chi connectivity index (χ1v) is 11.6. The van der Waals surface area contributed by atoms with Crippen LogP contribution in [0.5, 0.6) is 0 Å². The number of benzene rings is 2. The molecule has 0 bridgehead atoms. The first-order chi connectivity index (χ1) is 15.9. The number of ether oxygens (including phenoxy) is 1. The molecule has 0 aromatic heterocycles. The van der Waals surface area contributed by atoms with Crippen LogP contribution in [0.3, 0.4) is 0 Å². The molecule has 7 heteroatoms. The summed E-state index contributed by atoms with van der Waals surface area (Å²) >= 11 is 0. The van der Waals surface area contributed by atoms with Crippen LogP contribution >= 0.6 is 0 Å². The Morgan fingerprint density at radius 3 is 2.30 bits per heavy atom. The standard InChI is InChI=1S/C26H30N2O5/c1-16(25(30)31)12-13-27-24(29)17-10-11-18(14-17)28-26(32)33-15-23-21-8-4-2-6-19(21)20-7-3-5-9-22(20)23/h2-9,16-18,23H,10-15H2,1H3,(H,27,29)(H,28,32)(H,30,31)/t16?,17-,18+/m0/s1. The number of carbonyl (C=O) groups excluding carboxylic acids is 2. The molecule has 2 aromatic rings. The van der Waals surface area contributed by atoms with E-state index in [0.717, 1.165) is 0 Å². The van der Waals surface area contributed by atoms with E-state index in [1.54, 1.807) is 6.92 Å². The highest BCUT2D eigenvalue weighted by Gasteiger charge is 2.32. The number of alkyl carbamates (subject to hydrolysis) is 1. The van der Waals surface area contributed by atoms with E-state index in [1.807, 2.05) is 24.3 Å². The Bertz CT molecular complexity index is 991. The third-order valence-corrected chi connectivity index (χ3v) is 6.77. The lowest BCUT2D eigenvalue weighted by Gasteiger charge is -2.17. The predicted octanol–water partition coefficient (Wildman–Crippen LogP) is 3.92. The van der Waals surface area contributed by atoms with Crippen LogP contribution in [0.25, 0.3) is 11.1 Å². The minimum Gasteiger partial charge on any atom is -0.481 e. The summed E-state index contributed by atoms with van der Waals surface area (Å²) in [5.41, 5.74) is 4.71. The first kappa shape index (κ1) is 22.8. The number of fused-ring (bicyclic) bond motifs is 3. The van der Waals surface area contributed by atoms with Crippen molar-refractivity contribution >= 4 is 18.0 Å². The minimum atomic E-state index is -0.863. The van der Waals surface area contributed by atoms with Gasteiger partial charge in [-0.2, -0.15) is 0 Å². The average Bonchev–Trinajstić information content (AvgIpc) is 3.40. The smallest absolute Gasteiger partial charge is 0.407 e. The lowest BCUT2D eigenvalue weighted by Crippen LogP contribution is -2.36. The normalized spacial score (nSPS) is 19.9. The Hall–Kier alpha value is -3.35. The molecule has 4 rings (SSSR count). The molecule has 1 unspecified atom stereocenters. The molecule has 174 valence electrons. The quantitative estimate of drug-likeness (QED) is 0.565. The lowest BCUT2D eigenvalue weighted by atomic mass is 9.98. The van der Waals surface area contributed by atoms with Crippen LogP contribution in [-0.4, -0.2) is 42.3 Å². The number of carboxylic acids is 1. The molecule has 2 aliphatic carbocycles. The number of nitrogens with one attached hydrogen (secondary N) is 2. The third kappa shape index (κ3) is 5.18. The van der Waals surface area contributed by atoms with E-state index in [-0.39, 0.29) is 30.4 Å². The highest BCUT2D eigenvalue weighted by Crippen LogP contribution is 2.44. The van der Waals surface area contributed by atoms with Gasteiger partial charge in [-0.3, -0.25) is 9.59 Å². The van der Waals surface area contributed by atoms with Crippen molar-refractivity contribution in [3.05, 3.63) is 59.7 Å². The number of aliphatic carboxylic acids is 1. The van der Waals surface area contributed by atoms with E-state index in [4.69, 9.17) is 9.84 Å². The van der Waals surface area contributed by atoms with E-state index in [1.165, 1.54) is 22.3 Å². The van der Waals surface area contributed by atoms with Crippen molar-refractivity contribution in [3.8, 4) is 11.1 Å². The summed E-state index contributed by atoms with van der Waals surface area (Å²) in [4.78, 5) is 35.7. The Balaban J connectivity index is 1.24. The van der Waals surface area contributed by atoms with E-state index in [0.29, 0.717) is 32.2 Å². The van der Waals surface area contributed by atoms with Crippen molar-refractivity contribution in [2.75, 3.05) is 13.2 Å². The molecular weight excluding hydrogens is 420 g/mol. The molecule has 0 spiro atoms. The second-order valence-electron chi connectivity index (χ2n) is 9.00. The highest BCUT2D eigenvalue weighted by molar-refractivity contribution is 5.80. The Morgan fingerprint density at radius 2 is 1.67 bits per heavy atom. The molecular formula is C26H30N2O5. The number of hydrogen-bond acceptors (Lipinski definition) is 4. The molecule has 2 aromatic carbocycles. The van der Waals surface area contributed by atoms with Gasteiger partial charge in [0.15, 0.2) is 0 Å². The van der Waals surface area contributed by atoms with Gasteiger partial charge in [0.25, 0.3) is 0 Å². The zero-order valence-corrected chi connectivity index (χ0v) is 18.8. The summed E-state index contributed by atoms with van der Waals surface area (Å²) in [5, 5.41) is 14.6. The van der Waals surface area contributed by atoms with Crippen LogP contribution in [0.15, 0.2) is 48.5 Å². The van der Waals surface area contributed by atoms with Crippen LogP contribution in [0.4, 0.5) is 4.79 Å². The zero-order chi connectivity index (χ0) is 23.4. The molecule has 3 N–H and O–H groups in total. The zero-order valence-electron chi connectivity index (χ0n) is 18.8. The first-order valence-electron chi connectivity index (χ1n) is 11.6. The van der Waals surface area contributed by atoms with Crippen molar-refractivity contribution in [1.82, 2.24) is 10.6 Å². The van der Waals surface area contributed by atoms with Crippen LogP contribution in [-0.2, 0) is 14.3 Å². The van der Waals surface area contributed by atoms with Gasteiger partial charge in [0.05, 0.1) is 5.92 Å². The summed E-state index contributed by atoms with van der Waals surface area (Å²) in [6.45, 7) is 2.23. The Kier molecular flexibility index (Phi) is 6.96. The van der Waals surface area contributed by atoms with Crippen molar-refractivity contribution in [2.24, 2.45) is 11.8 Å². The molecule has 1 saturated carbocycles. The summed E-state index contributed by atoms with van der Waals surface area (Å²) < 4.78 is 5.60. The minimum absolute atomic E-state index is 0.0125. The van der Waals surface area contributed by atoms with Gasteiger partial charge in [0.2, 0.25) is 5.91 Å². The average molecular weight is 451 g/mol. The fourth-order valence-corrected chi connectivity index (χ4v) is 4.84. The van der Waals surface area contributed by atoms with E-state index in [9.17, 15) is 14.4 Å². The van der Waals surface area contributed by atoms with Gasteiger partial charge < -0.3 is 20.5 Å². The fraction of sp³-hybridized carbons (Fsp3) is 0.423. The maximum Gasteiger partial charge on any atom is 0.407 e. The SMILES string of the molecule is CC(CCNC(=O)[C@H]1CC[C@@H](NC(=O)OCC2c3ccccc3-c3ccccc32)C1)C(=O)O. The monoisotopic (exact) mass is 450 g/mol. The fourth-order valence-electron chi connectivity index (χ4n) is 4.84. The van der Waals surface area contributed by atoms with Crippen LogP contribution < -0.4 is 10.6 Å². The number of rotatable bonds is 8. The number of amides is 2. The molecule has 3 atom stereocenters. The molecule has 1 fully saturated rings. The molecule has 0 aliphatic heterocycles. The van der Waals surface area contributed by atoms with Gasteiger partial charge in [-0.05, 0) is 47.9 Å². The lowest BCUT2D eigenvalue weighted by molar-refractivity contribution is -0.141. The Morgan fingerprint density at radius 1 is 1.03 bits per heavy atom. The van der Waals surface area contributed by atoms with Crippen molar-refractivity contribution in [2.45, 2.75) is 44.6 Å². The second-order valence-corrected chi connectivity index (χ2v) is 9.00. The summed E-state index contributed by atoms with van der Waals surface area (Å²) in [6.07, 6.45) is 1.90. The van der Waals surface area contributed by atoms with Crippen molar-refractivity contribution in [3.63, 3.8) is 0 Å². The molecule has 33 heavy (non-hydrogen) atoms. The molecule has 0 radical (unpaired) electrons. The van der Waals surface area contributed by atoms with Crippen molar-refractivity contribution in [1.29, 1.82) is 0 Å². The van der Waals surface area contributed by atoms with Gasteiger partial charge in [-0.15, -0.1) is 0 Å². The van der Waals surface area contributed by atoms with E-state index < -0.39 is 18.0 Å². The number of carboxylic acid groups (broad SMARTS) is 1. The van der Waals surface area contributed by atoms with E-state index in [2.05, 4.69) is 34.9 Å². The molecule has 0 saturated heterocycles. The van der Waals surface area contributed by atoms with Gasteiger partial charge in [-0.1, -0.05) is 55.5 Å². The molecule has 7 nitrogen and oxygen atoms in total. The molecule has 2 aliphatic rings. The topological polar surface area (TPSA) is 105 Å². The third-order valence-electron chi connectivity index (χ3n) is 6.77. The summed E-state index contributed by atoms with van der Waals surface area (Å²) in [7, 11) is 0. The maximum absolute atomic E-state index is 12.5. The van der Waals surface area contributed by atoms with Crippen LogP contribution in [0.2, 0.25) is 0 Å². The van der Waals surface area contributed by atoms with Crippen LogP contribution in [0.1, 0.15) is 49.7 Å². The maximum atomic E-state index is 12.5. The van der Waals surface area contributed by atoms with Gasteiger partial charge in [0.1, 0.15) is 6.61 Å². The largest absolute Gasteiger partial charge is 0.481 e. The second kappa shape index (κ2) is 10.1. The Labute approximate surface area is 193 Å². The van der Waals surface area contributed by atoms with E-state index >= 15 is 0 Å². The van der Waals surface area contributed by atoms with Gasteiger partial charge >= 0.3 is 12.1 Å². The summed E-state index contributed by atoms with van der Waals surface area (Å²) in [5.74, 6) is -1.60. The predicted molar refractivity (Wildman–Crippen MR) is 124 cm³/mol. The summed E-state index contributed by atoms with van der Waals surface area (Å²) in [6, 6.07) is 16.3. The van der Waals surface area contributed by atoms with Crippen LogP contribution in [0, 0.1) is 11.8 Å².